The van der Waals surface area contributed by atoms with E-state index in [0.717, 1.165) is 31.5 Å². The molecule has 8 heteroatoms. The lowest BCUT2D eigenvalue weighted by molar-refractivity contribution is -0.208. The van der Waals surface area contributed by atoms with Gasteiger partial charge in [-0.2, -0.15) is 0 Å². The average Bonchev–Trinajstić information content (AvgIpc) is 2.61. The Morgan fingerprint density at radius 2 is 2.12 bits per heavy atom. The van der Waals surface area contributed by atoms with Crippen LogP contribution in [0.3, 0.4) is 0 Å². The standard InChI is InChI=1S/C17H25NO7/c1-16(17(24,15(22)23)13(19)14(20)21)6-5-10(8-12(16)25-2)11-4-3-7-18-9-11/h5-6,8,11-13,18-19,24H,3-4,7,9H2,1-2H3,(H,20,21)(H,22,23)/t11?,12?,13-,16?,17+/m1/s1. The fourth-order valence-electron chi connectivity index (χ4n) is 3.65. The Hall–Kier alpha value is -1.74. The molecule has 0 spiro atoms. The van der Waals surface area contributed by atoms with Gasteiger partial charge >= 0.3 is 11.9 Å². The first kappa shape index (κ1) is 19.6. The molecule has 5 N–H and O–H groups in total. The van der Waals surface area contributed by atoms with Gasteiger partial charge < -0.3 is 30.5 Å². The highest BCUT2D eigenvalue weighted by Gasteiger charge is 2.63. The molecule has 0 aromatic carbocycles. The fourth-order valence-corrected chi connectivity index (χ4v) is 3.65. The predicted molar refractivity (Wildman–Crippen MR) is 87.9 cm³/mol. The molecule has 1 fully saturated rings. The maximum absolute atomic E-state index is 11.7. The summed E-state index contributed by atoms with van der Waals surface area (Å²) >= 11 is 0. The largest absolute Gasteiger partial charge is 0.479 e. The molecule has 1 aliphatic carbocycles. The smallest absolute Gasteiger partial charge is 0.340 e. The minimum Gasteiger partial charge on any atom is -0.479 e. The molecule has 0 saturated carbocycles. The number of piperidine rings is 1. The van der Waals surface area contributed by atoms with E-state index in [0.29, 0.717) is 0 Å². The monoisotopic (exact) mass is 355 g/mol. The SMILES string of the molecule is COC1C=C(C2CCCNC2)C=CC1(C)[C@@](O)(C(=O)O)[C@H](O)C(=O)O. The van der Waals surface area contributed by atoms with Crippen LogP contribution in [0.2, 0.25) is 0 Å². The molecule has 0 amide bonds. The molecule has 0 aromatic heterocycles. The maximum Gasteiger partial charge on any atom is 0.340 e. The van der Waals surface area contributed by atoms with Gasteiger partial charge in [-0.25, -0.2) is 9.59 Å². The van der Waals surface area contributed by atoms with Crippen LogP contribution in [-0.2, 0) is 14.3 Å². The van der Waals surface area contributed by atoms with E-state index in [4.69, 9.17) is 9.84 Å². The molecule has 2 rings (SSSR count). The third kappa shape index (κ3) is 3.22. The molecular formula is C17H25NO7. The molecule has 1 aliphatic heterocycles. The number of aliphatic hydroxyl groups is 2. The first-order valence-electron chi connectivity index (χ1n) is 8.19. The van der Waals surface area contributed by atoms with Crippen molar-refractivity contribution in [2.24, 2.45) is 11.3 Å². The molecule has 1 saturated heterocycles. The summed E-state index contributed by atoms with van der Waals surface area (Å²) in [6.07, 6.45) is 3.40. The zero-order chi connectivity index (χ0) is 18.8. The molecule has 3 unspecified atom stereocenters. The summed E-state index contributed by atoms with van der Waals surface area (Å²) in [6.45, 7) is 3.09. The average molecular weight is 355 g/mol. The zero-order valence-electron chi connectivity index (χ0n) is 14.3. The van der Waals surface area contributed by atoms with Crippen LogP contribution in [0, 0.1) is 11.3 Å². The second-order valence-corrected chi connectivity index (χ2v) is 6.79. The quantitative estimate of drug-likeness (QED) is 0.440. The highest BCUT2D eigenvalue weighted by molar-refractivity contribution is 5.88. The Morgan fingerprint density at radius 1 is 1.44 bits per heavy atom. The first-order valence-corrected chi connectivity index (χ1v) is 8.19. The van der Waals surface area contributed by atoms with Gasteiger partial charge in [-0.15, -0.1) is 0 Å². The van der Waals surface area contributed by atoms with E-state index in [1.54, 1.807) is 12.2 Å². The number of hydrogen-bond acceptors (Lipinski definition) is 6. The molecule has 0 aromatic rings. The van der Waals surface area contributed by atoms with Gasteiger partial charge in [-0.05, 0) is 37.8 Å². The molecule has 0 bridgehead atoms. The van der Waals surface area contributed by atoms with Gasteiger partial charge in [-0.3, -0.25) is 0 Å². The number of hydrogen-bond donors (Lipinski definition) is 5. The summed E-state index contributed by atoms with van der Waals surface area (Å²) in [5, 5.41) is 42.5. The van der Waals surface area contributed by atoms with Crippen molar-refractivity contribution in [2.45, 2.75) is 37.6 Å². The summed E-state index contributed by atoms with van der Waals surface area (Å²) in [5.41, 5.74) is -3.69. The van der Waals surface area contributed by atoms with Crippen molar-refractivity contribution in [1.82, 2.24) is 5.32 Å². The summed E-state index contributed by atoms with van der Waals surface area (Å²) in [5.74, 6) is -3.41. The molecule has 1 heterocycles. The Bertz CT molecular complexity index is 596. The number of ether oxygens (including phenoxy) is 1. The van der Waals surface area contributed by atoms with Crippen LogP contribution >= 0.6 is 0 Å². The highest BCUT2D eigenvalue weighted by Crippen LogP contribution is 2.45. The minimum atomic E-state index is -2.96. The summed E-state index contributed by atoms with van der Waals surface area (Å²) in [7, 11) is 1.35. The second-order valence-electron chi connectivity index (χ2n) is 6.79. The van der Waals surface area contributed by atoms with Crippen molar-refractivity contribution < 1.29 is 34.8 Å². The molecule has 140 valence electrons. The van der Waals surface area contributed by atoms with E-state index >= 15 is 0 Å². The number of carbonyl (C=O) groups is 2. The minimum absolute atomic E-state index is 0.231. The van der Waals surface area contributed by atoms with E-state index in [-0.39, 0.29) is 5.92 Å². The van der Waals surface area contributed by atoms with E-state index in [1.807, 2.05) is 0 Å². The van der Waals surface area contributed by atoms with Gasteiger partial charge in [0.15, 0.2) is 6.10 Å². The summed E-state index contributed by atoms with van der Waals surface area (Å²) in [4.78, 5) is 22.9. The van der Waals surface area contributed by atoms with Crippen molar-refractivity contribution in [1.29, 1.82) is 0 Å². The number of aliphatic carboxylic acids is 2. The fraction of sp³-hybridized carbons (Fsp3) is 0.647. The van der Waals surface area contributed by atoms with Gasteiger partial charge in [0.05, 0.1) is 11.5 Å². The van der Waals surface area contributed by atoms with Gasteiger partial charge in [-0.1, -0.05) is 18.2 Å². The summed E-state index contributed by atoms with van der Waals surface area (Å²) in [6, 6.07) is 0. The van der Waals surface area contributed by atoms with E-state index in [9.17, 15) is 24.9 Å². The molecule has 2 aliphatic rings. The highest BCUT2D eigenvalue weighted by atomic mass is 16.5. The van der Waals surface area contributed by atoms with E-state index in [1.165, 1.54) is 20.1 Å². The van der Waals surface area contributed by atoms with Crippen LogP contribution < -0.4 is 5.32 Å². The molecule has 25 heavy (non-hydrogen) atoms. The Kier molecular flexibility index (Phi) is 5.68. The molecule has 0 radical (unpaired) electrons. The van der Waals surface area contributed by atoms with Crippen LogP contribution in [0.25, 0.3) is 0 Å². The lowest BCUT2D eigenvalue weighted by Gasteiger charge is -2.46. The van der Waals surface area contributed by atoms with Crippen molar-refractivity contribution in [2.75, 3.05) is 20.2 Å². The number of nitrogens with one attached hydrogen (secondary N) is 1. The maximum atomic E-state index is 11.7. The number of methoxy groups -OCH3 is 1. The lowest BCUT2D eigenvalue weighted by Crippen LogP contribution is -2.66. The third-order valence-electron chi connectivity index (χ3n) is 5.36. The predicted octanol–water partition coefficient (Wildman–Crippen LogP) is -0.235. The molecule has 5 atom stereocenters. The Labute approximate surface area is 145 Å². The van der Waals surface area contributed by atoms with Crippen LogP contribution in [-0.4, -0.2) is 70.4 Å². The molecule has 8 nitrogen and oxygen atoms in total. The zero-order valence-corrected chi connectivity index (χ0v) is 14.3. The van der Waals surface area contributed by atoms with E-state index < -0.39 is 35.2 Å². The van der Waals surface area contributed by atoms with Crippen molar-refractivity contribution in [3.8, 4) is 0 Å². The lowest BCUT2D eigenvalue weighted by atomic mass is 9.63. The van der Waals surface area contributed by atoms with Gasteiger partial charge in [0.2, 0.25) is 5.60 Å². The molecular weight excluding hydrogens is 330 g/mol. The van der Waals surface area contributed by atoms with Crippen LogP contribution in [0.1, 0.15) is 19.8 Å². The van der Waals surface area contributed by atoms with Crippen LogP contribution in [0.15, 0.2) is 23.8 Å². The first-order chi connectivity index (χ1) is 11.7. The Morgan fingerprint density at radius 3 is 2.60 bits per heavy atom. The van der Waals surface area contributed by atoms with Gasteiger partial charge in [0.1, 0.15) is 0 Å². The third-order valence-corrected chi connectivity index (χ3v) is 5.36. The second kappa shape index (κ2) is 7.25. The number of aliphatic hydroxyl groups excluding tert-OH is 1. The normalized spacial score (nSPS) is 33.2. The number of carboxylic acid groups (broad SMARTS) is 2. The number of rotatable bonds is 6. The van der Waals surface area contributed by atoms with Crippen molar-refractivity contribution in [3.05, 3.63) is 23.8 Å². The van der Waals surface area contributed by atoms with Crippen LogP contribution in [0.5, 0.6) is 0 Å². The topological polar surface area (TPSA) is 136 Å². The van der Waals surface area contributed by atoms with Crippen molar-refractivity contribution in [3.63, 3.8) is 0 Å². The van der Waals surface area contributed by atoms with Crippen LogP contribution in [0.4, 0.5) is 0 Å². The van der Waals surface area contributed by atoms with Gasteiger partial charge in [0, 0.05) is 13.7 Å². The van der Waals surface area contributed by atoms with E-state index in [2.05, 4.69) is 5.32 Å². The number of allylic oxidation sites excluding steroid dienone is 1. The van der Waals surface area contributed by atoms with Gasteiger partial charge in [0.25, 0.3) is 0 Å². The number of carboxylic acids is 2. The van der Waals surface area contributed by atoms with Crippen molar-refractivity contribution >= 4 is 11.9 Å². The summed E-state index contributed by atoms with van der Waals surface area (Å²) < 4.78 is 5.38. The Balaban J connectivity index is 2.42.